The van der Waals surface area contributed by atoms with E-state index in [1.807, 2.05) is 18.2 Å². The zero-order valence-electron chi connectivity index (χ0n) is 5.05. The molecule has 0 nitrogen and oxygen atoms in total. The van der Waals surface area contributed by atoms with Crippen LogP contribution in [0.4, 0.5) is 0 Å². The van der Waals surface area contributed by atoms with Crippen molar-refractivity contribution in [2.24, 2.45) is 0 Å². The highest BCUT2D eigenvalue weighted by Crippen LogP contribution is 2.02. The van der Waals surface area contributed by atoms with Crippen molar-refractivity contribution in [3.8, 4) is 0 Å². The molecule has 0 aromatic rings. The Kier molecular flexibility index (Phi) is 6.21. The average molecular weight is 205 g/mol. The van der Waals surface area contributed by atoms with Gasteiger partial charge in [0, 0.05) is 10.2 Å². The summed E-state index contributed by atoms with van der Waals surface area (Å²) in [4.78, 5) is 0.951. The molecule has 0 fully saturated rings. The molecule has 0 rings (SSSR count). The van der Waals surface area contributed by atoms with E-state index in [0.717, 1.165) is 10.2 Å². The monoisotopic (exact) mass is 204 g/mol. The second kappa shape index (κ2) is 6.17. The maximum atomic E-state index is 4.14. The maximum absolute atomic E-state index is 4.14. The number of alkyl halides is 1. The molecule has 50 valence electrons. The second-order valence-corrected chi connectivity index (χ2v) is 2.54. The molecule has 0 heterocycles. The molecule has 0 N–H and O–H groups in total. The van der Waals surface area contributed by atoms with Crippen molar-refractivity contribution in [1.29, 1.82) is 0 Å². The standard InChI is InChI=1S/C7H9BrS/c1-2-3-4-7(9)5-6-8/h2-5,9H,1,6H2/b4-3-,7-5+. The number of allylic oxidation sites excluding steroid dienone is 4. The van der Waals surface area contributed by atoms with Crippen LogP contribution in [0.5, 0.6) is 0 Å². The van der Waals surface area contributed by atoms with Crippen LogP contribution in [-0.4, -0.2) is 5.33 Å². The van der Waals surface area contributed by atoms with Crippen LogP contribution in [0.3, 0.4) is 0 Å². The fourth-order valence-corrected chi connectivity index (χ4v) is 1.09. The Hall–Kier alpha value is 0.0500. The molecule has 0 radical (unpaired) electrons. The largest absolute Gasteiger partial charge is 0.144 e. The van der Waals surface area contributed by atoms with Gasteiger partial charge in [0.25, 0.3) is 0 Å². The summed E-state index contributed by atoms with van der Waals surface area (Å²) in [5.41, 5.74) is 0. The molecule has 0 aromatic heterocycles. The predicted octanol–water partition coefficient (Wildman–Crippen LogP) is 2.94. The first-order valence-corrected chi connectivity index (χ1v) is 4.12. The van der Waals surface area contributed by atoms with Crippen LogP contribution in [-0.2, 0) is 0 Å². The topological polar surface area (TPSA) is 0 Å². The normalized spacial score (nSPS) is 12.4. The fraction of sp³-hybridized carbons (Fsp3) is 0.143. The van der Waals surface area contributed by atoms with Gasteiger partial charge in [-0.1, -0.05) is 40.7 Å². The van der Waals surface area contributed by atoms with Gasteiger partial charge in [-0.3, -0.25) is 0 Å². The average Bonchev–Trinajstić information content (AvgIpc) is 1.85. The lowest BCUT2D eigenvalue weighted by molar-refractivity contribution is 1.75. The van der Waals surface area contributed by atoms with Crippen LogP contribution in [0.25, 0.3) is 0 Å². The van der Waals surface area contributed by atoms with Crippen molar-refractivity contribution in [2.75, 3.05) is 5.33 Å². The van der Waals surface area contributed by atoms with Gasteiger partial charge in [0.2, 0.25) is 0 Å². The van der Waals surface area contributed by atoms with Gasteiger partial charge in [-0.2, -0.15) is 0 Å². The Morgan fingerprint density at radius 2 is 2.33 bits per heavy atom. The summed E-state index contributed by atoms with van der Waals surface area (Å²) in [5, 5.41) is 0.841. The minimum absolute atomic E-state index is 0.841. The van der Waals surface area contributed by atoms with Crippen molar-refractivity contribution >= 4 is 28.6 Å². The van der Waals surface area contributed by atoms with Gasteiger partial charge in [0.1, 0.15) is 0 Å². The van der Waals surface area contributed by atoms with E-state index < -0.39 is 0 Å². The Morgan fingerprint density at radius 3 is 2.78 bits per heavy atom. The molecule has 0 aliphatic rings. The van der Waals surface area contributed by atoms with Crippen LogP contribution < -0.4 is 0 Å². The summed E-state index contributed by atoms with van der Waals surface area (Å²) in [7, 11) is 0. The van der Waals surface area contributed by atoms with E-state index in [1.54, 1.807) is 6.08 Å². The van der Waals surface area contributed by atoms with Crippen LogP contribution in [0, 0.1) is 0 Å². The van der Waals surface area contributed by atoms with Gasteiger partial charge in [-0.25, -0.2) is 0 Å². The zero-order chi connectivity index (χ0) is 7.11. The number of hydrogen-bond donors (Lipinski definition) is 1. The molecular weight excluding hydrogens is 196 g/mol. The van der Waals surface area contributed by atoms with E-state index in [1.165, 1.54) is 0 Å². The Bertz CT molecular complexity index is 136. The van der Waals surface area contributed by atoms with Gasteiger partial charge < -0.3 is 0 Å². The first kappa shape index (κ1) is 9.05. The number of hydrogen-bond acceptors (Lipinski definition) is 1. The van der Waals surface area contributed by atoms with Crippen LogP contribution in [0.2, 0.25) is 0 Å². The molecule has 2 heteroatoms. The van der Waals surface area contributed by atoms with Crippen molar-refractivity contribution < 1.29 is 0 Å². The van der Waals surface area contributed by atoms with E-state index in [0.29, 0.717) is 0 Å². The summed E-state index contributed by atoms with van der Waals surface area (Å²) in [5.74, 6) is 0. The van der Waals surface area contributed by atoms with Crippen molar-refractivity contribution in [2.45, 2.75) is 0 Å². The van der Waals surface area contributed by atoms with E-state index >= 15 is 0 Å². The lowest BCUT2D eigenvalue weighted by atomic mass is 10.4. The van der Waals surface area contributed by atoms with Crippen molar-refractivity contribution in [3.05, 3.63) is 35.8 Å². The Morgan fingerprint density at radius 1 is 1.67 bits per heavy atom. The minimum Gasteiger partial charge on any atom is -0.144 e. The summed E-state index contributed by atoms with van der Waals surface area (Å²) < 4.78 is 0. The molecule has 0 aromatic carbocycles. The summed E-state index contributed by atoms with van der Waals surface area (Å²) >= 11 is 7.40. The highest BCUT2D eigenvalue weighted by molar-refractivity contribution is 9.09. The van der Waals surface area contributed by atoms with Gasteiger partial charge in [-0.05, 0) is 6.08 Å². The number of rotatable bonds is 3. The summed E-state index contributed by atoms with van der Waals surface area (Å²) in [6, 6.07) is 0. The Labute approximate surface area is 69.9 Å². The molecule has 0 atom stereocenters. The quantitative estimate of drug-likeness (QED) is 0.408. The molecule has 0 bridgehead atoms. The smallest absolute Gasteiger partial charge is 0.0225 e. The van der Waals surface area contributed by atoms with Gasteiger partial charge in [0.15, 0.2) is 0 Å². The summed E-state index contributed by atoms with van der Waals surface area (Å²) in [6.07, 6.45) is 7.42. The van der Waals surface area contributed by atoms with E-state index in [-0.39, 0.29) is 0 Å². The number of thiol groups is 1. The molecule has 0 aliphatic heterocycles. The SMILES string of the molecule is C=C/C=C\C(S)=C/CBr. The predicted molar refractivity (Wildman–Crippen MR) is 50.2 cm³/mol. The van der Waals surface area contributed by atoms with E-state index in [2.05, 4.69) is 35.1 Å². The fourth-order valence-electron chi connectivity index (χ4n) is 0.314. The van der Waals surface area contributed by atoms with E-state index in [9.17, 15) is 0 Å². The first-order chi connectivity index (χ1) is 4.31. The number of halogens is 1. The molecule has 0 saturated carbocycles. The minimum atomic E-state index is 0.841. The van der Waals surface area contributed by atoms with E-state index in [4.69, 9.17) is 0 Å². The van der Waals surface area contributed by atoms with Crippen LogP contribution >= 0.6 is 28.6 Å². The second-order valence-electron chi connectivity index (χ2n) is 1.38. The van der Waals surface area contributed by atoms with Crippen LogP contribution in [0.15, 0.2) is 35.8 Å². The van der Waals surface area contributed by atoms with Gasteiger partial charge in [0.05, 0.1) is 0 Å². The molecular formula is C7H9BrS. The van der Waals surface area contributed by atoms with Gasteiger partial charge in [-0.15, -0.1) is 12.6 Å². The van der Waals surface area contributed by atoms with Crippen LogP contribution in [0.1, 0.15) is 0 Å². The highest BCUT2D eigenvalue weighted by Gasteiger charge is 1.76. The maximum Gasteiger partial charge on any atom is 0.0225 e. The molecule has 0 aliphatic carbocycles. The third-order valence-electron chi connectivity index (χ3n) is 0.689. The lowest BCUT2D eigenvalue weighted by Crippen LogP contribution is -1.63. The van der Waals surface area contributed by atoms with Crippen molar-refractivity contribution in [1.82, 2.24) is 0 Å². The molecule has 0 amide bonds. The zero-order valence-corrected chi connectivity index (χ0v) is 7.53. The summed E-state index contributed by atoms with van der Waals surface area (Å²) in [6.45, 7) is 3.53. The molecule has 9 heavy (non-hydrogen) atoms. The Balaban J connectivity index is 3.74. The first-order valence-electron chi connectivity index (χ1n) is 2.55. The highest BCUT2D eigenvalue weighted by atomic mass is 79.9. The van der Waals surface area contributed by atoms with Gasteiger partial charge >= 0.3 is 0 Å². The lowest BCUT2D eigenvalue weighted by Gasteiger charge is -1.84. The third-order valence-corrected chi connectivity index (χ3v) is 1.34. The molecule has 0 saturated heterocycles. The third kappa shape index (κ3) is 5.93. The molecule has 0 spiro atoms. The molecule has 0 unspecified atom stereocenters. The van der Waals surface area contributed by atoms with Crippen molar-refractivity contribution in [3.63, 3.8) is 0 Å².